The van der Waals surface area contributed by atoms with Crippen LogP contribution < -0.4 is 20.8 Å². The molecule has 0 aliphatic heterocycles. The Morgan fingerprint density at radius 1 is 0.675 bits per heavy atom. The first kappa shape index (κ1) is 34.3. The van der Waals surface area contributed by atoms with E-state index in [-0.39, 0.29) is 0 Å². The van der Waals surface area contributed by atoms with E-state index >= 15 is 0 Å². The third-order valence-corrected chi connectivity index (χ3v) is 6.24. The molecule has 40 heavy (non-hydrogen) atoms. The van der Waals surface area contributed by atoms with Crippen molar-refractivity contribution in [3.8, 4) is 0 Å². The third kappa shape index (κ3) is 17.0. The number of quaternary nitrogens is 2. The molecule has 0 heterocycles. The summed E-state index contributed by atoms with van der Waals surface area (Å²) in [5.41, 5.74) is 2.70. The highest BCUT2D eigenvalue weighted by Gasteiger charge is 2.30. The van der Waals surface area contributed by atoms with Gasteiger partial charge in [-0.15, -0.1) is 0 Å². The molecule has 0 saturated heterocycles. The summed E-state index contributed by atoms with van der Waals surface area (Å²) >= 11 is 11.9. The number of halogens is 2. The van der Waals surface area contributed by atoms with Crippen LogP contribution in [0.25, 0.3) is 0 Å². The molecule has 3 rings (SSSR count). The van der Waals surface area contributed by atoms with Gasteiger partial charge in [0.05, 0.1) is 11.9 Å². The van der Waals surface area contributed by atoms with Gasteiger partial charge in [0.2, 0.25) is 0 Å². The molecule has 1 saturated carbocycles. The summed E-state index contributed by atoms with van der Waals surface area (Å²) in [7, 11) is 0. The Kier molecular flexibility index (Phi) is 16.6. The van der Waals surface area contributed by atoms with E-state index in [2.05, 4.69) is 34.9 Å². The van der Waals surface area contributed by atoms with E-state index < -0.39 is 23.9 Å². The SMILES string of the molecule is Clc1ccc(C[NH2+][C@H]2CCCC[C@@H]2[NH2+]Cc2ccc(Cl)cc2)cc1.O=C([O-])/C=C\C(=O)O.O=C([O-])/C=C\C(=O)O. The van der Waals surface area contributed by atoms with Gasteiger partial charge < -0.3 is 40.6 Å². The largest absolute Gasteiger partial charge is 0.545 e. The van der Waals surface area contributed by atoms with Gasteiger partial charge in [-0.1, -0.05) is 47.5 Å². The van der Waals surface area contributed by atoms with E-state index in [0.29, 0.717) is 36.4 Å². The summed E-state index contributed by atoms with van der Waals surface area (Å²) in [6.07, 6.45) is 7.22. The van der Waals surface area contributed by atoms with Crippen LogP contribution in [-0.2, 0) is 32.3 Å². The zero-order valence-electron chi connectivity index (χ0n) is 21.6. The maximum absolute atomic E-state index is 9.53. The standard InChI is InChI=1S/C20H24Cl2N2.2C4H4O4/c21-17-9-5-15(6-10-17)13-23-19-3-1-2-4-20(19)24-14-16-7-11-18(22)12-8-16;2*5-3(6)1-2-4(7)8/h5-12,19-20,23-24H,1-4,13-14H2;2*1-2H,(H,5,6)(H,7,8)/b;2*2-1-/t19-,20-;;/m0../s1. The van der Waals surface area contributed by atoms with E-state index in [1.165, 1.54) is 36.8 Å². The number of hydrogen-bond acceptors (Lipinski definition) is 6. The second-order valence-corrected chi connectivity index (χ2v) is 9.60. The second-order valence-electron chi connectivity index (χ2n) is 8.73. The van der Waals surface area contributed by atoms with Gasteiger partial charge in [0.1, 0.15) is 25.2 Å². The van der Waals surface area contributed by atoms with E-state index in [4.69, 9.17) is 33.4 Å². The van der Waals surface area contributed by atoms with Gasteiger partial charge in [0.25, 0.3) is 0 Å². The lowest BCUT2D eigenvalue weighted by molar-refractivity contribution is -0.790. The Labute approximate surface area is 241 Å². The first-order valence-electron chi connectivity index (χ1n) is 12.4. The maximum atomic E-state index is 9.53. The number of carbonyl (C=O) groups is 4. The number of aliphatic carboxylic acids is 4. The first-order valence-corrected chi connectivity index (χ1v) is 13.1. The Hall–Kier alpha value is -3.70. The Morgan fingerprint density at radius 2 is 1.00 bits per heavy atom. The van der Waals surface area contributed by atoms with Crippen molar-refractivity contribution in [1.82, 2.24) is 0 Å². The van der Waals surface area contributed by atoms with Crippen molar-refractivity contribution in [2.75, 3.05) is 0 Å². The second kappa shape index (κ2) is 19.4. The molecule has 2 aromatic rings. The van der Waals surface area contributed by atoms with Crippen LogP contribution in [0, 0.1) is 0 Å². The van der Waals surface area contributed by atoms with Crippen molar-refractivity contribution >= 4 is 47.1 Å². The van der Waals surface area contributed by atoms with Crippen LogP contribution in [0.2, 0.25) is 10.0 Å². The minimum Gasteiger partial charge on any atom is -0.545 e. The van der Waals surface area contributed by atoms with Crippen molar-refractivity contribution in [3.05, 3.63) is 94.0 Å². The van der Waals surface area contributed by atoms with Gasteiger partial charge in [-0.05, 0) is 49.3 Å². The lowest BCUT2D eigenvalue weighted by Crippen LogP contribution is -3.02. The molecular weight excluding hydrogens is 563 g/mol. The average molecular weight is 595 g/mol. The zero-order chi connectivity index (χ0) is 29.9. The summed E-state index contributed by atoms with van der Waals surface area (Å²) in [4.78, 5) is 37.9. The predicted octanol–water partition coefficient (Wildman–Crippen LogP) is -0.114. The summed E-state index contributed by atoms with van der Waals surface area (Å²) < 4.78 is 0. The Balaban J connectivity index is 0.000000412. The minimum atomic E-state index is -1.51. The molecule has 0 aromatic heterocycles. The molecule has 10 nitrogen and oxygen atoms in total. The number of carbonyl (C=O) groups excluding carboxylic acids is 2. The molecule has 12 heteroatoms. The van der Waals surface area contributed by atoms with Crippen molar-refractivity contribution in [2.45, 2.75) is 50.9 Å². The molecule has 216 valence electrons. The smallest absolute Gasteiger partial charge is 0.328 e. The highest BCUT2D eigenvalue weighted by molar-refractivity contribution is 6.30. The molecule has 0 unspecified atom stereocenters. The molecule has 1 fully saturated rings. The predicted molar refractivity (Wildman–Crippen MR) is 144 cm³/mol. The minimum absolute atomic E-state index is 0.447. The fraction of sp³-hybridized carbons (Fsp3) is 0.286. The molecule has 1 aliphatic rings. The number of nitrogens with two attached hydrogens (primary N) is 2. The van der Waals surface area contributed by atoms with E-state index in [1.54, 1.807) is 0 Å². The fourth-order valence-corrected chi connectivity index (χ4v) is 4.12. The molecule has 6 N–H and O–H groups in total. The van der Waals surface area contributed by atoms with Gasteiger partial charge in [-0.3, -0.25) is 0 Å². The molecule has 2 atom stereocenters. The Bertz CT molecular complexity index is 1030. The third-order valence-electron chi connectivity index (χ3n) is 5.74. The van der Waals surface area contributed by atoms with Crippen molar-refractivity contribution < 1.29 is 50.2 Å². The molecule has 0 amide bonds. The molecule has 1 aliphatic carbocycles. The van der Waals surface area contributed by atoms with Crippen LogP contribution in [0.5, 0.6) is 0 Å². The van der Waals surface area contributed by atoms with Crippen molar-refractivity contribution in [2.24, 2.45) is 0 Å². The van der Waals surface area contributed by atoms with Gasteiger partial charge in [-0.2, -0.15) is 0 Å². The number of carboxylic acids is 4. The van der Waals surface area contributed by atoms with Crippen molar-refractivity contribution in [3.63, 3.8) is 0 Å². The number of hydrogen-bond donors (Lipinski definition) is 4. The fourth-order valence-electron chi connectivity index (χ4n) is 3.87. The number of benzene rings is 2. The monoisotopic (exact) mass is 594 g/mol. The van der Waals surface area contributed by atoms with Gasteiger partial charge in [-0.25, -0.2) is 9.59 Å². The normalized spacial score (nSPS) is 16.4. The Morgan fingerprint density at radius 3 is 1.25 bits per heavy atom. The molecule has 0 radical (unpaired) electrons. The molecule has 2 aromatic carbocycles. The van der Waals surface area contributed by atoms with Gasteiger partial charge >= 0.3 is 11.9 Å². The van der Waals surface area contributed by atoms with E-state index in [1.807, 2.05) is 24.3 Å². The molecule has 0 bridgehead atoms. The number of carboxylic acid groups (broad SMARTS) is 4. The summed E-state index contributed by atoms with van der Waals surface area (Å²) in [5, 5.41) is 41.1. The maximum Gasteiger partial charge on any atom is 0.328 e. The van der Waals surface area contributed by atoms with Crippen LogP contribution in [-0.4, -0.2) is 46.2 Å². The van der Waals surface area contributed by atoms with Gasteiger partial charge in [0, 0.05) is 46.2 Å². The van der Waals surface area contributed by atoms with Crippen LogP contribution in [0.1, 0.15) is 36.8 Å². The highest BCUT2D eigenvalue weighted by atomic mass is 35.5. The zero-order valence-corrected chi connectivity index (χ0v) is 23.1. The van der Waals surface area contributed by atoms with Gasteiger partial charge in [0.15, 0.2) is 0 Å². The lowest BCUT2D eigenvalue weighted by atomic mass is 9.90. The summed E-state index contributed by atoms with van der Waals surface area (Å²) in [5.74, 6) is -5.61. The summed E-state index contributed by atoms with van der Waals surface area (Å²) in [6, 6.07) is 17.9. The lowest BCUT2D eigenvalue weighted by Gasteiger charge is -2.28. The van der Waals surface area contributed by atoms with Crippen LogP contribution in [0.4, 0.5) is 0 Å². The highest BCUT2D eigenvalue weighted by Crippen LogP contribution is 2.15. The number of rotatable bonds is 10. The topological polar surface area (TPSA) is 188 Å². The van der Waals surface area contributed by atoms with Crippen LogP contribution >= 0.6 is 23.2 Å². The van der Waals surface area contributed by atoms with E-state index in [9.17, 15) is 29.4 Å². The average Bonchev–Trinajstić information content (AvgIpc) is 2.91. The van der Waals surface area contributed by atoms with E-state index in [0.717, 1.165) is 23.1 Å². The summed E-state index contributed by atoms with van der Waals surface area (Å²) in [6.45, 7) is 2.07. The molecular formula is C28H32Cl2N2O8. The first-order chi connectivity index (χ1) is 19.0. The van der Waals surface area contributed by atoms with Crippen LogP contribution in [0.3, 0.4) is 0 Å². The van der Waals surface area contributed by atoms with Crippen molar-refractivity contribution in [1.29, 1.82) is 0 Å². The quantitative estimate of drug-likeness (QED) is 0.274. The van der Waals surface area contributed by atoms with Crippen LogP contribution in [0.15, 0.2) is 72.8 Å². The molecule has 0 spiro atoms.